The van der Waals surface area contributed by atoms with Gasteiger partial charge in [0.05, 0.1) is 16.5 Å². The van der Waals surface area contributed by atoms with Gasteiger partial charge in [0.1, 0.15) is 0 Å². The Balaban J connectivity index is 2.34. The van der Waals surface area contributed by atoms with E-state index in [2.05, 4.69) is 9.97 Å². The van der Waals surface area contributed by atoms with E-state index < -0.39 is 5.63 Å². The summed E-state index contributed by atoms with van der Waals surface area (Å²) in [6, 6.07) is 8.60. The summed E-state index contributed by atoms with van der Waals surface area (Å²) in [6.07, 6.45) is 1.45. The maximum Gasteiger partial charge on any atom is 0.347 e. The Bertz CT molecular complexity index is 824. The molecule has 0 aliphatic carbocycles. The van der Waals surface area contributed by atoms with Crippen molar-refractivity contribution >= 4 is 10.9 Å². The van der Waals surface area contributed by atoms with Crippen LogP contribution in [-0.2, 0) is 0 Å². The molecule has 0 amide bonds. The number of aromatic hydroxyl groups is 1. The van der Waals surface area contributed by atoms with Gasteiger partial charge < -0.3 is 9.52 Å². The van der Waals surface area contributed by atoms with Crippen molar-refractivity contribution in [2.75, 3.05) is 0 Å². The molecule has 1 N–H and O–H groups in total. The predicted octanol–water partition coefficient (Wildman–Crippen LogP) is 2.26. The standard InChI is InChI=1S/C14H10N2O3/c1-8-4-2-6-10-11(8)14(18)19-13(16-10)9-5-3-7-15-12(9)17/h2-7H,1H3,(H,15,17). The normalized spacial score (nSPS) is 10.8. The van der Waals surface area contributed by atoms with Crippen molar-refractivity contribution in [2.24, 2.45) is 0 Å². The van der Waals surface area contributed by atoms with Gasteiger partial charge in [-0.15, -0.1) is 0 Å². The van der Waals surface area contributed by atoms with Crippen molar-refractivity contribution < 1.29 is 9.52 Å². The average Bonchev–Trinajstić information content (AvgIpc) is 2.39. The molecule has 94 valence electrons. The van der Waals surface area contributed by atoms with Crippen LogP contribution < -0.4 is 5.63 Å². The third-order valence-electron chi connectivity index (χ3n) is 2.88. The highest BCUT2D eigenvalue weighted by atomic mass is 16.4. The first kappa shape index (κ1) is 11.4. The maximum absolute atomic E-state index is 12.0. The van der Waals surface area contributed by atoms with Crippen molar-refractivity contribution in [2.45, 2.75) is 6.92 Å². The largest absolute Gasteiger partial charge is 0.493 e. The Hall–Kier alpha value is -2.69. The summed E-state index contributed by atoms with van der Waals surface area (Å²) in [6.45, 7) is 1.82. The molecule has 19 heavy (non-hydrogen) atoms. The third-order valence-corrected chi connectivity index (χ3v) is 2.88. The molecule has 0 aliphatic rings. The van der Waals surface area contributed by atoms with E-state index in [4.69, 9.17) is 4.42 Å². The van der Waals surface area contributed by atoms with E-state index >= 15 is 0 Å². The van der Waals surface area contributed by atoms with E-state index in [1.807, 2.05) is 19.1 Å². The Morgan fingerprint density at radius 3 is 2.84 bits per heavy atom. The number of rotatable bonds is 1. The fourth-order valence-corrected chi connectivity index (χ4v) is 1.96. The molecule has 0 unspecified atom stereocenters. The van der Waals surface area contributed by atoms with Crippen molar-refractivity contribution in [1.29, 1.82) is 0 Å². The highest BCUT2D eigenvalue weighted by Crippen LogP contribution is 2.25. The second kappa shape index (κ2) is 4.20. The van der Waals surface area contributed by atoms with Crippen LogP contribution in [0.2, 0.25) is 0 Å². The van der Waals surface area contributed by atoms with E-state index in [0.717, 1.165) is 5.56 Å². The Labute approximate surface area is 108 Å². The number of hydrogen-bond acceptors (Lipinski definition) is 5. The molecule has 5 nitrogen and oxygen atoms in total. The van der Waals surface area contributed by atoms with E-state index in [-0.39, 0.29) is 11.8 Å². The lowest BCUT2D eigenvalue weighted by Crippen LogP contribution is -2.04. The Kier molecular flexibility index (Phi) is 2.52. The molecular formula is C14H10N2O3. The van der Waals surface area contributed by atoms with Crippen LogP contribution in [0.5, 0.6) is 5.88 Å². The molecule has 3 rings (SSSR count). The minimum Gasteiger partial charge on any atom is -0.493 e. The fraction of sp³-hybridized carbons (Fsp3) is 0.0714. The molecule has 2 heterocycles. The van der Waals surface area contributed by atoms with Gasteiger partial charge in [0.25, 0.3) is 0 Å². The molecule has 0 radical (unpaired) electrons. The predicted molar refractivity (Wildman–Crippen MR) is 69.9 cm³/mol. The van der Waals surface area contributed by atoms with E-state index in [0.29, 0.717) is 16.5 Å². The van der Waals surface area contributed by atoms with Crippen LogP contribution in [-0.4, -0.2) is 15.1 Å². The highest BCUT2D eigenvalue weighted by Gasteiger charge is 2.13. The molecule has 5 heteroatoms. The summed E-state index contributed by atoms with van der Waals surface area (Å²) < 4.78 is 5.17. The number of hydrogen-bond donors (Lipinski definition) is 1. The van der Waals surface area contributed by atoms with Crippen LogP contribution in [0.1, 0.15) is 5.56 Å². The molecule has 0 spiro atoms. The van der Waals surface area contributed by atoms with Crippen molar-refractivity contribution in [3.63, 3.8) is 0 Å². The van der Waals surface area contributed by atoms with Crippen molar-refractivity contribution in [3.05, 3.63) is 52.5 Å². The second-order valence-corrected chi connectivity index (χ2v) is 4.15. The zero-order chi connectivity index (χ0) is 13.4. The van der Waals surface area contributed by atoms with Gasteiger partial charge in [-0.1, -0.05) is 12.1 Å². The summed E-state index contributed by atoms with van der Waals surface area (Å²) in [5.41, 5.74) is 1.17. The molecule has 1 aromatic carbocycles. The zero-order valence-electron chi connectivity index (χ0n) is 10.1. The van der Waals surface area contributed by atoms with E-state index in [9.17, 15) is 9.90 Å². The SMILES string of the molecule is Cc1cccc2nc(-c3cccnc3O)oc(=O)c12. The van der Waals surface area contributed by atoms with Gasteiger partial charge >= 0.3 is 5.63 Å². The van der Waals surface area contributed by atoms with Gasteiger partial charge in [-0.2, -0.15) is 0 Å². The summed E-state index contributed by atoms with van der Waals surface area (Å²) >= 11 is 0. The molecule has 3 aromatic rings. The number of nitrogens with zero attached hydrogens (tertiary/aromatic N) is 2. The fourth-order valence-electron chi connectivity index (χ4n) is 1.96. The first-order chi connectivity index (χ1) is 9.16. The second-order valence-electron chi connectivity index (χ2n) is 4.15. The minimum absolute atomic E-state index is 0.0636. The van der Waals surface area contributed by atoms with Crippen molar-refractivity contribution in [1.82, 2.24) is 9.97 Å². The van der Waals surface area contributed by atoms with Crippen LogP contribution in [0.25, 0.3) is 22.4 Å². The van der Waals surface area contributed by atoms with Crippen LogP contribution in [0, 0.1) is 6.92 Å². The number of aryl methyl sites for hydroxylation is 1. The van der Waals surface area contributed by atoms with E-state index in [1.165, 1.54) is 6.20 Å². The Morgan fingerprint density at radius 2 is 2.05 bits per heavy atom. The van der Waals surface area contributed by atoms with Gasteiger partial charge in [0.15, 0.2) is 0 Å². The molecule has 0 saturated heterocycles. The van der Waals surface area contributed by atoms with Gasteiger partial charge in [-0.3, -0.25) is 0 Å². The first-order valence-corrected chi connectivity index (χ1v) is 5.71. The monoisotopic (exact) mass is 254 g/mol. The van der Waals surface area contributed by atoms with E-state index in [1.54, 1.807) is 18.2 Å². The number of aromatic nitrogens is 2. The number of fused-ring (bicyclic) bond motifs is 1. The number of pyridine rings is 1. The topological polar surface area (TPSA) is 76.2 Å². The van der Waals surface area contributed by atoms with Gasteiger partial charge in [-0.05, 0) is 30.7 Å². The maximum atomic E-state index is 12.0. The lowest BCUT2D eigenvalue weighted by atomic mass is 10.1. The molecule has 2 aromatic heterocycles. The van der Waals surface area contributed by atoms with Crippen LogP contribution >= 0.6 is 0 Å². The molecule has 0 fully saturated rings. The zero-order valence-corrected chi connectivity index (χ0v) is 10.1. The summed E-state index contributed by atoms with van der Waals surface area (Å²) in [7, 11) is 0. The third kappa shape index (κ3) is 1.85. The molecule has 0 saturated carbocycles. The van der Waals surface area contributed by atoms with Gasteiger partial charge in [0.2, 0.25) is 11.8 Å². The average molecular weight is 254 g/mol. The van der Waals surface area contributed by atoms with Gasteiger partial charge in [-0.25, -0.2) is 14.8 Å². The quantitative estimate of drug-likeness (QED) is 0.720. The lowest BCUT2D eigenvalue weighted by molar-refractivity contribution is 0.448. The lowest BCUT2D eigenvalue weighted by Gasteiger charge is -2.04. The van der Waals surface area contributed by atoms with Crippen LogP contribution in [0.3, 0.4) is 0 Å². The highest BCUT2D eigenvalue weighted by molar-refractivity contribution is 5.82. The summed E-state index contributed by atoms with van der Waals surface area (Å²) in [5, 5.41) is 10.1. The molecule has 0 aliphatic heterocycles. The molecule has 0 bridgehead atoms. The van der Waals surface area contributed by atoms with Crippen LogP contribution in [0.15, 0.2) is 45.7 Å². The number of benzene rings is 1. The smallest absolute Gasteiger partial charge is 0.347 e. The first-order valence-electron chi connectivity index (χ1n) is 5.71. The minimum atomic E-state index is -0.471. The van der Waals surface area contributed by atoms with Gasteiger partial charge in [0, 0.05) is 6.20 Å². The van der Waals surface area contributed by atoms with Crippen molar-refractivity contribution in [3.8, 4) is 17.3 Å². The molecular weight excluding hydrogens is 244 g/mol. The summed E-state index contributed by atoms with van der Waals surface area (Å²) in [4.78, 5) is 20.0. The Morgan fingerprint density at radius 1 is 1.21 bits per heavy atom. The molecule has 0 atom stereocenters. The van der Waals surface area contributed by atoms with Crippen LogP contribution in [0.4, 0.5) is 0 Å². The summed E-state index contributed by atoms with van der Waals surface area (Å²) in [5.74, 6) is -0.154.